The molecule has 0 unspecified atom stereocenters. The van der Waals surface area contributed by atoms with Crippen molar-refractivity contribution in [2.45, 2.75) is 46.0 Å². The molecule has 0 aliphatic carbocycles. The monoisotopic (exact) mass is 275 g/mol. The predicted octanol–water partition coefficient (Wildman–Crippen LogP) is 3.99. The van der Waals surface area contributed by atoms with Gasteiger partial charge in [-0.15, -0.1) is 0 Å². The summed E-state index contributed by atoms with van der Waals surface area (Å²) in [6, 6.07) is 4.18. The predicted molar refractivity (Wildman–Crippen MR) is 69.2 cm³/mol. The number of hydrogen-bond donors (Lipinski definition) is 1. The Bertz CT molecular complexity index is 422. The van der Waals surface area contributed by atoms with Crippen LogP contribution in [-0.4, -0.2) is 12.1 Å². The third-order valence-corrected chi connectivity index (χ3v) is 2.47. The highest BCUT2D eigenvalue weighted by Gasteiger charge is 2.34. The molecule has 0 atom stereocenters. The highest BCUT2D eigenvalue weighted by molar-refractivity contribution is 5.39. The first-order valence-corrected chi connectivity index (χ1v) is 6.21. The molecular formula is C14H20F3NO. The van der Waals surface area contributed by atoms with Gasteiger partial charge in [-0.05, 0) is 45.4 Å². The molecule has 0 aliphatic heterocycles. The highest BCUT2D eigenvalue weighted by atomic mass is 19.4. The van der Waals surface area contributed by atoms with Crippen molar-refractivity contribution in [1.29, 1.82) is 0 Å². The van der Waals surface area contributed by atoms with Crippen molar-refractivity contribution in [2.75, 3.05) is 6.61 Å². The molecule has 0 heterocycles. The number of alkyl halides is 3. The van der Waals surface area contributed by atoms with Crippen LogP contribution in [0.5, 0.6) is 5.75 Å². The Kier molecular flexibility index (Phi) is 4.85. The number of ether oxygens (including phenoxy) is 1. The molecular weight excluding hydrogens is 255 g/mol. The van der Waals surface area contributed by atoms with Gasteiger partial charge in [0, 0.05) is 12.1 Å². The van der Waals surface area contributed by atoms with Crippen molar-refractivity contribution >= 4 is 0 Å². The lowest BCUT2D eigenvalue weighted by Gasteiger charge is -2.21. The fourth-order valence-corrected chi connectivity index (χ4v) is 1.56. The van der Waals surface area contributed by atoms with Gasteiger partial charge >= 0.3 is 6.18 Å². The normalized spacial score (nSPS) is 12.6. The van der Waals surface area contributed by atoms with Crippen LogP contribution < -0.4 is 10.1 Å². The molecule has 1 aromatic rings. The first-order chi connectivity index (χ1) is 8.63. The minimum Gasteiger partial charge on any atom is -0.493 e. The minimum atomic E-state index is -4.40. The van der Waals surface area contributed by atoms with Crippen LogP contribution >= 0.6 is 0 Å². The molecule has 1 aromatic carbocycles. The van der Waals surface area contributed by atoms with Crippen molar-refractivity contribution in [1.82, 2.24) is 5.32 Å². The first kappa shape index (κ1) is 15.8. The lowest BCUT2D eigenvalue weighted by molar-refractivity contribution is -0.139. The fraction of sp³-hybridized carbons (Fsp3) is 0.571. The highest BCUT2D eigenvalue weighted by Crippen LogP contribution is 2.36. The topological polar surface area (TPSA) is 21.3 Å². The Morgan fingerprint density at radius 1 is 1.16 bits per heavy atom. The van der Waals surface area contributed by atoms with Crippen LogP contribution in [0, 0.1) is 0 Å². The first-order valence-electron chi connectivity index (χ1n) is 6.21. The lowest BCUT2D eigenvalue weighted by atomic mass is 10.1. The van der Waals surface area contributed by atoms with E-state index in [1.54, 1.807) is 13.0 Å². The van der Waals surface area contributed by atoms with Gasteiger partial charge in [-0.2, -0.15) is 13.2 Å². The van der Waals surface area contributed by atoms with E-state index in [0.717, 1.165) is 6.07 Å². The van der Waals surface area contributed by atoms with Gasteiger partial charge in [0.25, 0.3) is 0 Å². The van der Waals surface area contributed by atoms with Crippen molar-refractivity contribution < 1.29 is 17.9 Å². The summed E-state index contributed by atoms with van der Waals surface area (Å²) in [4.78, 5) is 0. The minimum absolute atomic E-state index is 0.116. The molecule has 0 radical (unpaired) electrons. The third kappa shape index (κ3) is 5.11. The van der Waals surface area contributed by atoms with Crippen molar-refractivity contribution in [3.63, 3.8) is 0 Å². The van der Waals surface area contributed by atoms with E-state index in [4.69, 9.17) is 4.74 Å². The largest absolute Gasteiger partial charge is 0.493 e. The molecule has 0 bridgehead atoms. The number of hydrogen-bond acceptors (Lipinski definition) is 2. The van der Waals surface area contributed by atoms with Gasteiger partial charge < -0.3 is 10.1 Å². The molecule has 5 heteroatoms. The molecule has 2 nitrogen and oxygen atoms in total. The Morgan fingerprint density at radius 2 is 1.79 bits per heavy atom. The Morgan fingerprint density at radius 3 is 2.26 bits per heavy atom. The molecule has 0 aliphatic rings. The summed E-state index contributed by atoms with van der Waals surface area (Å²) < 4.78 is 43.8. The number of halogens is 3. The summed E-state index contributed by atoms with van der Waals surface area (Å²) >= 11 is 0. The molecule has 0 fully saturated rings. The fourth-order valence-electron chi connectivity index (χ4n) is 1.56. The van der Waals surface area contributed by atoms with Gasteiger partial charge in [0.05, 0.1) is 12.2 Å². The SMILES string of the molecule is CCOc1ccc(CNC(C)(C)C)cc1C(F)(F)F. The van der Waals surface area contributed by atoms with Crippen LogP contribution in [0.2, 0.25) is 0 Å². The van der Waals surface area contributed by atoms with Gasteiger partial charge in [0.1, 0.15) is 5.75 Å². The summed E-state index contributed by atoms with van der Waals surface area (Å²) in [5, 5.41) is 3.16. The molecule has 0 spiro atoms. The maximum absolute atomic E-state index is 12.9. The van der Waals surface area contributed by atoms with Gasteiger partial charge in [-0.3, -0.25) is 0 Å². The number of rotatable bonds is 4. The van der Waals surface area contributed by atoms with E-state index >= 15 is 0 Å². The van der Waals surface area contributed by atoms with E-state index in [0.29, 0.717) is 12.1 Å². The standard InChI is InChI=1S/C14H20F3NO/c1-5-19-12-7-6-10(9-18-13(2,3)4)8-11(12)14(15,16)17/h6-8,18H,5,9H2,1-4H3. The molecule has 0 amide bonds. The molecule has 0 saturated carbocycles. The van der Waals surface area contributed by atoms with E-state index < -0.39 is 11.7 Å². The molecule has 1 rings (SSSR count). The van der Waals surface area contributed by atoms with Crippen LogP contribution in [0.1, 0.15) is 38.8 Å². The van der Waals surface area contributed by atoms with Crippen molar-refractivity contribution in [2.24, 2.45) is 0 Å². The number of benzene rings is 1. The van der Waals surface area contributed by atoms with Gasteiger partial charge in [-0.25, -0.2) is 0 Å². The van der Waals surface area contributed by atoms with E-state index in [1.807, 2.05) is 20.8 Å². The smallest absolute Gasteiger partial charge is 0.419 e. The number of nitrogens with one attached hydrogen (secondary N) is 1. The van der Waals surface area contributed by atoms with Crippen LogP contribution in [0.15, 0.2) is 18.2 Å². The molecule has 19 heavy (non-hydrogen) atoms. The lowest BCUT2D eigenvalue weighted by Crippen LogP contribution is -2.35. The molecule has 108 valence electrons. The van der Waals surface area contributed by atoms with E-state index in [1.165, 1.54) is 6.07 Å². The summed E-state index contributed by atoms with van der Waals surface area (Å²) in [6.45, 7) is 8.15. The maximum atomic E-state index is 12.9. The van der Waals surface area contributed by atoms with Crippen LogP contribution in [-0.2, 0) is 12.7 Å². The Balaban J connectivity index is 2.98. The van der Waals surface area contributed by atoms with Crippen LogP contribution in [0.4, 0.5) is 13.2 Å². The summed E-state index contributed by atoms with van der Waals surface area (Å²) in [5.41, 5.74) is -0.273. The van der Waals surface area contributed by atoms with Crippen LogP contribution in [0.25, 0.3) is 0 Å². The van der Waals surface area contributed by atoms with Gasteiger partial charge in [-0.1, -0.05) is 6.07 Å². The van der Waals surface area contributed by atoms with E-state index in [9.17, 15) is 13.2 Å². The van der Waals surface area contributed by atoms with Crippen molar-refractivity contribution in [3.05, 3.63) is 29.3 Å². The zero-order valence-electron chi connectivity index (χ0n) is 11.7. The van der Waals surface area contributed by atoms with Gasteiger partial charge in [0.2, 0.25) is 0 Å². The zero-order valence-corrected chi connectivity index (χ0v) is 11.7. The molecule has 0 saturated heterocycles. The Hall–Kier alpha value is -1.23. The summed E-state index contributed by atoms with van der Waals surface area (Å²) in [5.74, 6) is -0.116. The quantitative estimate of drug-likeness (QED) is 0.897. The van der Waals surface area contributed by atoms with E-state index in [2.05, 4.69) is 5.32 Å². The zero-order chi connectivity index (χ0) is 14.7. The third-order valence-electron chi connectivity index (χ3n) is 2.47. The maximum Gasteiger partial charge on any atom is 0.419 e. The second-order valence-electron chi connectivity index (χ2n) is 5.36. The summed E-state index contributed by atoms with van der Waals surface area (Å²) in [6.07, 6.45) is -4.40. The second-order valence-corrected chi connectivity index (χ2v) is 5.36. The summed E-state index contributed by atoms with van der Waals surface area (Å²) in [7, 11) is 0. The average molecular weight is 275 g/mol. The molecule has 0 aromatic heterocycles. The molecule has 1 N–H and O–H groups in total. The van der Waals surface area contributed by atoms with E-state index in [-0.39, 0.29) is 17.9 Å². The van der Waals surface area contributed by atoms with Gasteiger partial charge in [0.15, 0.2) is 0 Å². The average Bonchev–Trinajstić information content (AvgIpc) is 2.25. The second kappa shape index (κ2) is 5.82. The van der Waals surface area contributed by atoms with Crippen molar-refractivity contribution in [3.8, 4) is 5.75 Å². The van der Waals surface area contributed by atoms with Crippen LogP contribution in [0.3, 0.4) is 0 Å². The Labute approximate surface area is 112 Å².